The topological polar surface area (TPSA) is 50.1 Å². The predicted molar refractivity (Wildman–Crippen MR) is 50.2 cm³/mol. The maximum Gasteiger partial charge on any atom is 0.340 e. The van der Waals surface area contributed by atoms with Gasteiger partial charge in [0.1, 0.15) is 11.9 Å². The third kappa shape index (κ3) is 1.91. The van der Waals surface area contributed by atoms with Gasteiger partial charge in [-0.25, -0.2) is 9.18 Å². The molecule has 0 amide bonds. The van der Waals surface area contributed by atoms with Crippen LogP contribution in [0.25, 0.3) is 0 Å². The van der Waals surface area contributed by atoms with Crippen molar-refractivity contribution in [1.82, 2.24) is 0 Å². The lowest BCUT2D eigenvalue weighted by atomic mass is 10.1. The molecule has 0 heterocycles. The summed E-state index contributed by atoms with van der Waals surface area (Å²) < 4.78 is 17.8. The van der Waals surface area contributed by atoms with Gasteiger partial charge in [-0.3, -0.25) is 0 Å². The Morgan fingerprint density at radius 2 is 2.29 bits per heavy atom. The van der Waals surface area contributed by atoms with Crippen molar-refractivity contribution in [2.45, 2.75) is 0 Å². The van der Waals surface area contributed by atoms with Gasteiger partial charge in [-0.1, -0.05) is 0 Å². The second kappa shape index (κ2) is 4.20. The Balaban J connectivity index is 3.33. The molecule has 0 aliphatic rings. The fourth-order valence-electron chi connectivity index (χ4n) is 0.901. The van der Waals surface area contributed by atoms with Crippen molar-refractivity contribution >= 4 is 21.9 Å². The molecule has 0 aliphatic heterocycles. The van der Waals surface area contributed by atoms with Crippen molar-refractivity contribution in [2.75, 3.05) is 7.11 Å². The van der Waals surface area contributed by atoms with Crippen LogP contribution in [-0.2, 0) is 4.74 Å². The molecule has 0 aromatic heterocycles. The molecular weight excluding hydrogens is 253 g/mol. The number of benzene rings is 1. The summed E-state index contributed by atoms with van der Waals surface area (Å²) >= 11 is 3.00. The molecule has 1 aromatic carbocycles. The van der Waals surface area contributed by atoms with Crippen LogP contribution in [0.2, 0.25) is 0 Å². The minimum absolute atomic E-state index is 0.187. The lowest BCUT2D eigenvalue weighted by molar-refractivity contribution is 0.0595. The van der Waals surface area contributed by atoms with Gasteiger partial charge >= 0.3 is 5.97 Å². The van der Waals surface area contributed by atoms with Crippen LogP contribution in [0.1, 0.15) is 15.9 Å². The average Bonchev–Trinajstić information content (AvgIpc) is 2.17. The number of nitriles is 1. The van der Waals surface area contributed by atoms with E-state index >= 15 is 0 Å². The van der Waals surface area contributed by atoms with Crippen LogP contribution < -0.4 is 0 Å². The van der Waals surface area contributed by atoms with E-state index in [-0.39, 0.29) is 11.1 Å². The molecule has 0 unspecified atom stereocenters. The summed E-state index contributed by atoms with van der Waals surface area (Å²) in [7, 11) is 1.15. The Bertz CT molecular complexity index is 426. The average molecular weight is 258 g/mol. The van der Waals surface area contributed by atoms with Crippen LogP contribution in [0.5, 0.6) is 0 Å². The van der Waals surface area contributed by atoms with Crippen LogP contribution in [-0.4, -0.2) is 13.1 Å². The lowest BCUT2D eigenvalue weighted by Crippen LogP contribution is -2.05. The van der Waals surface area contributed by atoms with E-state index in [2.05, 4.69) is 20.7 Å². The number of nitrogens with zero attached hydrogens (tertiary/aromatic N) is 1. The van der Waals surface area contributed by atoms with Crippen LogP contribution in [0.3, 0.4) is 0 Å². The first-order valence-corrected chi connectivity index (χ1v) is 4.37. The first-order valence-electron chi connectivity index (χ1n) is 3.57. The van der Waals surface area contributed by atoms with Gasteiger partial charge in [0, 0.05) is 4.47 Å². The maximum atomic E-state index is 13.2. The van der Waals surface area contributed by atoms with Gasteiger partial charge in [-0.2, -0.15) is 5.26 Å². The van der Waals surface area contributed by atoms with Gasteiger partial charge in [0.15, 0.2) is 0 Å². The van der Waals surface area contributed by atoms with E-state index in [1.165, 1.54) is 0 Å². The van der Waals surface area contributed by atoms with Gasteiger partial charge in [0.05, 0.1) is 18.2 Å². The predicted octanol–water partition coefficient (Wildman–Crippen LogP) is 2.25. The number of hydrogen-bond acceptors (Lipinski definition) is 3. The van der Waals surface area contributed by atoms with Crippen molar-refractivity contribution < 1.29 is 13.9 Å². The Morgan fingerprint density at radius 1 is 1.64 bits per heavy atom. The van der Waals surface area contributed by atoms with E-state index in [1.54, 1.807) is 0 Å². The van der Waals surface area contributed by atoms with Gasteiger partial charge in [-0.05, 0) is 28.1 Å². The summed E-state index contributed by atoms with van der Waals surface area (Å²) in [6.07, 6.45) is 0. The van der Waals surface area contributed by atoms with Crippen molar-refractivity contribution in [2.24, 2.45) is 0 Å². The number of ether oxygens (including phenoxy) is 1. The Morgan fingerprint density at radius 3 is 2.79 bits per heavy atom. The molecule has 1 aromatic rings. The zero-order chi connectivity index (χ0) is 10.7. The Hall–Kier alpha value is -1.41. The highest BCUT2D eigenvalue weighted by molar-refractivity contribution is 9.10. The molecule has 0 bridgehead atoms. The van der Waals surface area contributed by atoms with Crippen molar-refractivity contribution in [3.63, 3.8) is 0 Å². The summed E-state index contributed by atoms with van der Waals surface area (Å²) in [5, 5.41) is 8.63. The smallest absolute Gasteiger partial charge is 0.340 e. The van der Waals surface area contributed by atoms with E-state index in [1.807, 2.05) is 6.07 Å². The van der Waals surface area contributed by atoms with Crippen LogP contribution in [0, 0.1) is 17.1 Å². The second-order valence-electron chi connectivity index (χ2n) is 2.42. The van der Waals surface area contributed by atoms with Gasteiger partial charge < -0.3 is 4.74 Å². The van der Waals surface area contributed by atoms with Crippen molar-refractivity contribution in [3.8, 4) is 6.07 Å². The third-order valence-electron chi connectivity index (χ3n) is 1.58. The largest absolute Gasteiger partial charge is 0.465 e. The molecule has 0 fully saturated rings. The third-order valence-corrected chi connectivity index (χ3v) is 2.24. The second-order valence-corrected chi connectivity index (χ2v) is 3.27. The number of methoxy groups -OCH3 is 1. The standard InChI is InChI=1S/C9H5BrFNO2/c1-14-9(13)6-2-5(4-12)7(10)3-8(6)11/h2-3H,1H3. The molecule has 5 heteroatoms. The number of carbonyl (C=O) groups is 1. The van der Waals surface area contributed by atoms with Crippen molar-refractivity contribution in [3.05, 3.63) is 33.5 Å². The zero-order valence-electron chi connectivity index (χ0n) is 7.17. The quantitative estimate of drug-likeness (QED) is 0.726. The molecule has 1 rings (SSSR count). The molecule has 14 heavy (non-hydrogen) atoms. The lowest BCUT2D eigenvalue weighted by Gasteiger charge is -2.02. The molecule has 0 atom stereocenters. The summed E-state index contributed by atoms with van der Waals surface area (Å²) in [5.74, 6) is -1.52. The van der Waals surface area contributed by atoms with Crippen molar-refractivity contribution in [1.29, 1.82) is 5.26 Å². The highest BCUT2D eigenvalue weighted by Gasteiger charge is 2.14. The normalized spacial score (nSPS) is 9.29. The highest BCUT2D eigenvalue weighted by atomic mass is 79.9. The summed E-state index contributed by atoms with van der Waals surface area (Å²) in [6, 6.07) is 4.02. The maximum absolute atomic E-state index is 13.2. The van der Waals surface area contributed by atoms with E-state index in [9.17, 15) is 9.18 Å². The fraction of sp³-hybridized carbons (Fsp3) is 0.111. The molecule has 0 aliphatic carbocycles. The van der Waals surface area contributed by atoms with Crippen LogP contribution in [0.4, 0.5) is 4.39 Å². The first kappa shape index (κ1) is 10.7. The van der Waals surface area contributed by atoms with E-state index < -0.39 is 11.8 Å². The van der Waals surface area contributed by atoms with Crippen LogP contribution >= 0.6 is 15.9 Å². The highest BCUT2D eigenvalue weighted by Crippen LogP contribution is 2.21. The number of carbonyl (C=O) groups excluding carboxylic acids is 1. The van der Waals surface area contributed by atoms with E-state index in [0.29, 0.717) is 4.47 Å². The summed E-state index contributed by atoms with van der Waals surface area (Å²) in [4.78, 5) is 11.0. The van der Waals surface area contributed by atoms with E-state index in [4.69, 9.17) is 5.26 Å². The van der Waals surface area contributed by atoms with Crippen LogP contribution in [0.15, 0.2) is 16.6 Å². The molecule has 0 saturated carbocycles. The minimum atomic E-state index is -0.800. The molecule has 72 valence electrons. The van der Waals surface area contributed by atoms with Gasteiger partial charge in [-0.15, -0.1) is 0 Å². The molecule has 0 radical (unpaired) electrons. The molecule has 0 spiro atoms. The number of rotatable bonds is 1. The zero-order valence-corrected chi connectivity index (χ0v) is 8.76. The van der Waals surface area contributed by atoms with E-state index in [0.717, 1.165) is 19.2 Å². The number of hydrogen-bond donors (Lipinski definition) is 0. The summed E-state index contributed by atoms with van der Waals surface area (Å²) in [5.41, 5.74) is -0.0564. The minimum Gasteiger partial charge on any atom is -0.465 e. The molecule has 0 N–H and O–H groups in total. The monoisotopic (exact) mass is 257 g/mol. The van der Waals surface area contributed by atoms with Gasteiger partial charge in [0.2, 0.25) is 0 Å². The van der Waals surface area contributed by atoms with Gasteiger partial charge in [0.25, 0.3) is 0 Å². The molecule has 0 saturated heterocycles. The molecular formula is C9H5BrFNO2. The fourth-order valence-corrected chi connectivity index (χ4v) is 1.31. The number of halogens is 2. The SMILES string of the molecule is COC(=O)c1cc(C#N)c(Br)cc1F. The summed E-state index contributed by atoms with van der Waals surface area (Å²) in [6.45, 7) is 0. The number of esters is 1. The molecule has 3 nitrogen and oxygen atoms in total. The Labute approximate surface area is 88.2 Å². The first-order chi connectivity index (χ1) is 6.60. The Kier molecular flexibility index (Phi) is 3.20.